The van der Waals surface area contributed by atoms with Gasteiger partial charge in [0.15, 0.2) is 5.65 Å². The van der Waals surface area contributed by atoms with Crippen molar-refractivity contribution in [3.05, 3.63) is 75.2 Å². The molecule has 0 spiro atoms. The Morgan fingerprint density at radius 3 is 2.27 bits per heavy atom. The molecule has 0 aliphatic carbocycles. The molecule has 130 valence electrons. The molecule has 0 saturated carbocycles. The van der Waals surface area contributed by atoms with Crippen LogP contribution in [0.3, 0.4) is 0 Å². The van der Waals surface area contributed by atoms with Crippen molar-refractivity contribution in [1.29, 1.82) is 0 Å². The number of aryl methyl sites for hydroxylation is 1. The number of rotatable bonds is 2. The lowest BCUT2D eigenvalue weighted by atomic mass is 10.1. The van der Waals surface area contributed by atoms with Gasteiger partial charge >= 0.3 is 0 Å². The molecule has 6 nitrogen and oxygen atoms in total. The summed E-state index contributed by atoms with van der Waals surface area (Å²) in [6.07, 6.45) is 0. The van der Waals surface area contributed by atoms with Crippen LogP contribution in [0.5, 0.6) is 0 Å². The first-order chi connectivity index (χ1) is 12.5. The van der Waals surface area contributed by atoms with Crippen LogP contribution in [0.1, 0.15) is 0 Å². The molecule has 0 aliphatic rings. The molecule has 4 aromatic rings. The Bertz CT molecular complexity index is 1250. The third-order valence-electron chi connectivity index (χ3n) is 4.52. The van der Waals surface area contributed by atoms with E-state index in [1.807, 2.05) is 63.6 Å². The molecule has 0 unspecified atom stereocenters. The van der Waals surface area contributed by atoms with Crippen molar-refractivity contribution in [3.8, 4) is 5.69 Å². The van der Waals surface area contributed by atoms with Crippen LogP contribution in [-0.2, 0) is 7.05 Å². The molecule has 26 heavy (non-hydrogen) atoms. The fourth-order valence-electron chi connectivity index (χ4n) is 3.26. The van der Waals surface area contributed by atoms with Gasteiger partial charge in [0, 0.05) is 26.5 Å². The predicted molar refractivity (Wildman–Crippen MR) is 104 cm³/mol. The first-order valence-electron chi connectivity index (χ1n) is 8.28. The summed E-state index contributed by atoms with van der Waals surface area (Å²) in [5.41, 5.74) is 1.15. The van der Waals surface area contributed by atoms with E-state index in [4.69, 9.17) is 0 Å². The highest BCUT2D eigenvalue weighted by Gasteiger charge is 2.19. The van der Waals surface area contributed by atoms with Gasteiger partial charge in [-0.2, -0.15) is 4.98 Å². The van der Waals surface area contributed by atoms with Gasteiger partial charge in [0.1, 0.15) is 5.39 Å². The number of para-hydroxylation sites is 2. The molecule has 2 heterocycles. The molecule has 2 aromatic carbocycles. The summed E-state index contributed by atoms with van der Waals surface area (Å²) in [6, 6.07) is 16.5. The van der Waals surface area contributed by atoms with Crippen LogP contribution in [-0.4, -0.2) is 28.2 Å². The summed E-state index contributed by atoms with van der Waals surface area (Å²) in [7, 11) is 5.47. The van der Waals surface area contributed by atoms with Gasteiger partial charge in [-0.1, -0.05) is 30.3 Å². The monoisotopic (exact) mass is 346 g/mol. The Morgan fingerprint density at radius 2 is 1.58 bits per heavy atom. The topological polar surface area (TPSA) is 60.1 Å². The molecule has 0 radical (unpaired) electrons. The fourth-order valence-corrected chi connectivity index (χ4v) is 3.26. The van der Waals surface area contributed by atoms with Crippen LogP contribution in [0.4, 0.5) is 5.95 Å². The second-order valence-electron chi connectivity index (χ2n) is 6.39. The van der Waals surface area contributed by atoms with E-state index in [1.54, 1.807) is 21.6 Å². The van der Waals surface area contributed by atoms with E-state index in [9.17, 15) is 9.59 Å². The summed E-state index contributed by atoms with van der Waals surface area (Å²) in [5.74, 6) is 0.471. The first kappa shape index (κ1) is 16.1. The lowest BCUT2D eigenvalue weighted by Gasteiger charge is -2.20. The molecule has 2 aromatic heterocycles. The van der Waals surface area contributed by atoms with Crippen molar-refractivity contribution in [2.24, 2.45) is 7.05 Å². The molecule has 0 atom stereocenters. The van der Waals surface area contributed by atoms with Crippen LogP contribution < -0.4 is 15.9 Å². The molecule has 0 N–H and O–H groups in total. The van der Waals surface area contributed by atoms with Crippen molar-refractivity contribution in [3.63, 3.8) is 0 Å². The first-order valence-corrected chi connectivity index (χ1v) is 8.28. The molecular formula is C20H18N4O2. The number of hydrogen-bond acceptors (Lipinski definition) is 4. The zero-order valence-corrected chi connectivity index (χ0v) is 14.8. The fraction of sp³-hybridized carbons (Fsp3) is 0.150. The summed E-state index contributed by atoms with van der Waals surface area (Å²) >= 11 is 0. The standard InChI is InChI=1S/C20H18N4O2/c1-22(2)20-21-18-16(19(26)24(20)13-9-5-4-6-10-13)17(25)14-11-7-8-12-15(14)23(18)3/h4-12H,1-3H3. The Labute approximate surface area is 149 Å². The van der Waals surface area contributed by atoms with Gasteiger partial charge in [-0.25, -0.2) is 4.57 Å². The molecule has 4 rings (SSSR count). The minimum atomic E-state index is -0.365. The Morgan fingerprint density at radius 1 is 0.923 bits per heavy atom. The van der Waals surface area contributed by atoms with Gasteiger partial charge < -0.3 is 9.47 Å². The van der Waals surface area contributed by atoms with Gasteiger partial charge in [0.25, 0.3) is 5.56 Å². The third-order valence-corrected chi connectivity index (χ3v) is 4.52. The molecule has 0 saturated heterocycles. The Balaban J connectivity index is 2.27. The average molecular weight is 346 g/mol. The number of pyridine rings is 1. The third kappa shape index (κ3) is 2.23. The van der Waals surface area contributed by atoms with Crippen LogP contribution in [0, 0.1) is 0 Å². The lowest BCUT2D eigenvalue weighted by Crippen LogP contribution is -2.31. The highest BCUT2D eigenvalue weighted by atomic mass is 16.1. The van der Waals surface area contributed by atoms with E-state index < -0.39 is 0 Å². The minimum Gasteiger partial charge on any atom is -0.348 e. The molecule has 0 fully saturated rings. The normalized spacial score (nSPS) is 11.2. The SMILES string of the molecule is CN(C)c1nc2c(c(=O)c3ccccc3n2C)c(=O)n1-c1ccccc1. The molecule has 0 bridgehead atoms. The van der Waals surface area contributed by atoms with Gasteiger partial charge in [-0.3, -0.25) is 9.59 Å². The van der Waals surface area contributed by atoms with Crippen molar-refractivity contribution < 1.29 is 0 Å². The van der Waals surface area contributed by atoms with Gasteiger partial charge in [0.2, 0.25) is 11.4 Å². The summed E-state index contributed by atoms with van der Waals surface area (Å²) in [4.78, 5) is 32.8. The van der Waals surface area contributed by atoms with E-state index in [0.717, 1.165) is 5.52 Å². The quantitative estimate of drug-likeness (QED) is 0.523. The van der Waals surface area contributed by atoms with Crippen LogP contribution in [0.2, 0.25) is 0 Å². The van der Waals surface area contributed by atoms with Crippen molar-refractivity contribution in [1.82, 2.24) is 14.1 Å². The van der Waals surface area contributed by atoms with E-state index in [0.29, 0.717) is 22.7 Å². The minimum absolute atomic E-state index is 0.0978. The van der Waals surface area contributed by atoms with Crippen LogP contribution >= 0.6 is 0 Å². The highest BCUT2D eigenvalue weighted by molar-refractivity contribution is 5.91. The molecule has 0 aliphatic heterocycles. The Kier molecular flexibility index (Phi) is 3.61. The van der Waals surface area contributed by atoms with Crippen molar-refractivity contribution in [2.75, 3.05) is 19.0 Å². The number of aromatic nitrogens is 3. The summed E-state index contributed by atoms with van der Waals surface area (Å²) < 4.78 is 3.29. The second kappa shape index (κ2) is 5.84. The van der Waals surface area contributed by atoms with Crippen LogP contribution in [0.15, 0.2) is 64.2 Å². The number of benzene rings is 2. The van der Waals surface area contributed by atoms with Crippen molar-refractivity contribution >= 4 is 27.9 Å². The van der Waals surface area contributed by atoms with E-state index in [1.165, 1.54) is 4.57 Å². The number of hydrogen-bond donors (Lipinski definition) is 0. The van der Waals surface area contributed by atoms with E-state index in [2.05, 4.69) is 4.98 Å². The molecule has 0 amide bonds. The number of anilines is 1. The predicted octanol–water partition coefficient (Wildman–Crippen LogP) is 2.30. The van der Waals surface area contributed by atoms with Gasteiger partial charge in [-0.05, 0) is 24.3 Å². The second-order valence-corrected chi connectivity index (χ2v) is 6.39. The Hall–Kier alpha value is -3.41. The number of fused-ring (bicyclic) bond motifs is 2. The smallest absolute Gasteiger partial charge is 0.272 e. The maximum atomic E-state index is 13.4. The zero-order valence-electron chi connectivity index (χ0n) is 14.8. The zero-order chi connectivity index (χ0) is 18.4. The van der Waals surface area contributed by atoms with Crippen LogP contribution in [0.25, 0.3) is 27.6 Å². The number of nitrogens with zero attached hydrogens (tertiary/aromatic N) is 4. The van der Waals surface area contributed by atoms with E-state index in [-0.39, 0.29) is 16.4 Å². The van der Waals surface area contributed by atoms with Gasteiger partial charge in [-0.15, -0.1) is 0 Å². The van der Waals surface area contributed by atoms with Crippen molar-refractivity contribution in [2.45, 2.75) is 0 Å². The maximum absolute atomic E-state index is 13.4. The summed E-state index contributed by atoms with van der Waals surface area (Å²) in [5, 5.41) is 0.610. The lowest BCUT2D eigenvalue weighted by molar-refractivity contribution is 0.873. The highest BCUT2D eigenvalue weighted by Crippen LogP contribution is 2.19. The molecule has 6 heteroatoms. The maximum Gasteiger partial charge on any atom is 0.272 e. The summed E-state index contributed by atoms with van der Waals surface area (Å²) in [6.45, 7) is 0. The van der Waals surface area contributed by atoms with E-state index >= 15 is 0 Å². The molecular weight excluding hydrogens is 328 g/mol. The largest absolute Gasteiger partial charge is 0.348 e. The average Bonchev–Trinajstić information content (AvgIpc) is 2.66. The van der Waals surface area contributed by atoms with Gasteiger partial charge in [0.05, 0.1) is 11.2 Å².